The van der Waals surface area contributed by atoms with Crippen LogP contribution in [0.5, 0.6) is 0 Å². The monoisotopic (exact) mass is 332 g/mol. The van der Waals surface area contributed by atoms with Crippen molar-refractivity contribution in [1.82, 2.24) is 4.57 Å². The van der Waals surface area contributed by atoms with Crippen LogP contribution in [0.2, 0.25) is 0 Å². The number of halogens is 4. The smallest absolute Gasteiger partial charge is 0.394 e. The van der Waals surface area contributed by atoms with Gasteiger partial charge in [-0.05, 0) is 40.2 Å². The maximum atomic E-state index is 12.6. The highest BCUT2D eigenvalue weighted by Gasteiger charge is 2.30. The first-order valence-electron chi connectivity index (χ1n) is 5.14. The van der Waals surface area contributed by atoms with Gasteiger partial charge in [0, 0.05) is 16.4 Å². The van der Waals surface area contributed by atoms with E-state index in [1.54, 1.807) is 0 Å². The fraction of sp³-hybridized carbons (Fsp3) is 0.0833. The summed E-state index contributed by atoms with van der Waals surface area (Å²) in [6, 6.07) is 5.87. The van der Waals surface area contributed by atoms with Crippen LogP contribution in [-0.4, -0.2) is 4.57 Å². The molecule has 2 rings (SSSR count). The molecule has 0 aliphatic carbocycles. The molecule has 0 spiro atoms. The first-order chi connectivity index (χ1) is 8.79. The molecule has 1 aromatic carbocycles. The standard InChI is InChI=1S/C12H8BrF3N2O/c13-8-5-10(17)11(19)18(6-8)9-3-1-2-7(4-9)12(14,15)16/h1-6H,17H2. The van der Waals surface area contributed by atoms with Crippen LogP contribution < -0.4 is 11.3 Å². The van der Waals surface area contributed by atoms with Gasteiger partial charge < -0.3 is 5.73 Å². The van der Waals surface area contributed by atoms with Gasteiger partial charge in [-0.1, -0.05) is 6.07 Å². The number of benzene rings is 1. The van der Waals surface area contributed by atoms with Crippen LogP contribution in [0.3, 0.4) is 0 Å². The summed E-state index contributed by atoms with van der Waals surface area (Å²) >= 11 is 3.14. The van der Waals surface area contributed by atoms with Gasteiger partial charge in [0.25, 0.3) is 5.56 Å². The summed E-state index contributed by atoms with van der Waals surface area (Å²) in [4.78, 5) is 11.8. The van der Waals surface area contributed by atoms with Gasteiger partial charge in [0.15, 0.2) is 0 Å². The molecule has 0 radical (unpaired) electrons. The highest BCUT2D eigenvalue weighted by molar-refractivity contribution is 9.10. The molecule has 0 atom stereocenters. The molecule has 0 fully saturated rings. The fourth-order valence-corrected chi connectivity index (χ4v) is 2.04. The van der Waals surface area contributed by atoms with Gasteiger partial charge >= 0.3 is 6.18 Å². The maximum absolute atomic E-state index is 12.6. The molecular formula is C12H8BrF3N2O. The topological polar surface area (TPSA) is 48.0 Å². The second-order valence-electron chi connectivity index (χ2n) is 3.84. The molecule has 0 saturated carbocycles. The van der Waals surface area contributed by atoms with E-state index in [1.807, 2.05) is 0 Å². The molecule has 2 N–H and O–H groups in total. The second-order valence-corrected chi connectivity index (χ2v) is 4.75. The van der Waals surface area contributed by atoms with Crippen molar-refractivity contribution in [2.75, 3.05) is 5.73 Å². The third-order valence-electron chi connectivity index (χ3n) is 2.46. The van der Waals surface area contributed by atoms with Gasteiger partial charge in [0.2, 0.25) is 0 Å². The highest BCUT2D eigenvalue weighted by Crippen LogP contribution is 2.30. The number of anilines is 1. The second kappa shape index (κ2) is 4.73. The van der Waals surface area contributed by atoms with E-state index >= 15 is 0 Å². The number of alkyl halides is 3. The first-order valence-corrected chi connectivity index (χ1v) is 5.93. The van der Waals surface area contributed by atoms with Crippen molar-refractivity contribution in [1.29, 1.82) is 0 Å². The van der Waals surface area contributed by atoms with Gasteiger partial charge in [-0.2, -0.15) is 13.2 Å². The third kappa shape index (κ3) is 2.81. The summed E-state index contributed by atoms with van der Waals surface area (Å²) in [6.45, 7) is 0. The Balaban J connectivity index is 2.64. The molecule has 1 aromatic heterocycles. The molecule has 2 aromatic rings. The minimum absolute atomic E-state index is 0.0493. The average molecular weight is 333 g/mol. The summed E-state index contributed by atoms with van der Waals surface area (Å²) < 4.78 is 39.4. The van der Waals surface area contributed by atoms with Crippen molar-refractivity contribution < 1.29 is 13.2 Å². The minimum Gasteiger partial charge on any atom is -0.394 e. The Labute approximate surface area is 114 Å². The van der Waals surface area contributed by atoms with Crippen molar-refractivity contribution in [3.8, 4) is 5.69 Å². The number of aromatic nitrogens is 1. The Morgan fingerprint density at radius 2 is 1.89 bits per heavy atom. The van der Waals surface area contributed by atoms with Crippen LogP contribution in [0.4, 0.5) is 18.9 Å². The van der Waals surface area contributed by atoms with Crippen molar-refractivity contribution in [2.45, 2.75) is 6.18 Å². The van der Waals surface area contributed by atoms with E-state index in [-0.39, 0.29) is 11.4 Å². The van der Waals surface area contributed by atoms with Crippen molar-refractivity contribution in [3.63, 3.8) is 0 Å². The summed E-state index contributed by atoms with van der Waals surface area (Å²) in [5, 5.41) is 0. The van der Waals surface area contributed by atoms with Crippen LogP contribution in [0, 0.1) is 0 Å². The Kier molecular flexibility index (Phi) is 3.40. The molecule has 0 amide bonds. The lowest BCUT2D eigenvalue weighted by molar-refractivity contribution is -0.137. The predicted octanol–water partition coefficient (Wildman–Crippen LogP) is 3.20. The van der Waals surface area contributed by atoms with Crippen LogP contribution >= 0.6 is 15.9 Å². The van der Waals surface area contributed by atoms with Crippen molar-refractivity contribution in [2.24, 2.45) is 0 Å². The van der Waals surface area contributed by atoms with E-state index in [2.05, 4.69) is 15.9 Å². The third-order valence-corrected chi connectivity index (χ3v) is 2.90. The van der Waals surface area contributed by atoms with Gasteiger partial charge in [0.05, 0.1) is 11.3 Å². The molecule has 0 aliphatic rings. The lowest BCUT2D eigenvalue weighted by Crippen LogP contribution is -2.21. The Hall–Kier alpha value is -1.76. The SMILES string of the molecule is Nc1cc(Br)cn(-c2cccc(C(F)(F)F)c2)c1=O. The Bertz CT molecular complexity index is 679. The van der Waals surface area contributed by atoms with Crippen LogP contribution in [0.25, 0.3) is 5.69 Å². The zero-order valence-corrected chi connectivity index (χ0v) is 11.0. The molecular weight excluding hydrogens is 325 g/mol. The molecule has 7 heteroatoms. The largest absolute Gasteiger partial charge is 0.416 e. The van der Waals surface area contributed by atoms with E-state index in [1.165, 1.54) is 24.4 Å². The fourth-order valence-electron chi connectivity index (χ4n) is 1.59. The summed E-state index contributed by atoms with van der Waals surface area (Å²) in [5.41, 5.74) is 4.16. The zero-order valence-electron chi connectivity index (χ0n) is 9.41. The highest BCUT2D eigenvalue weighted by atomic mass is 79.9. The lowest BCUT2D eigenvalue weighted by atomic mass is 10.2. The molecule has 19 heavy (non-hydrogen) atoms. The van der Waals surface area contributed by atoms with Crippen LogP contribution in [0.15, 0.2) is 45.8 Å². The summed E-state index contributed by atoms with van der Waals surface area (Å²) in [7, 11) is 0. The molecule has 0 unspecified atom stereocenters. The number of hydrogen-bond donors (Lipinski definition) is 1. The number of nitrogens with two attached hydrogens (primary N) is 1. The lowest BCUT2D eigenvalue weighted by Gasteiger charge is -2.11. The zero-order chi connectivity index (χ0) is 14.2. The van der Waals surface area contributed by atoms with Gasteiger partial charge in [-0.15, -0.1) is 0 Å². The number of hydrogen-bond acceptors (Lipinski definition) is 2. The quantitative estimate of drug-likeness (QED) is 0.871. The van der Waals surface area contributed by atoms with E-state index < -0.39 is 17.3 Å². The number of pyridine rings is 1. The molecule has 3 nitrogen and oxygen atoms in total. The number of rotatable bonds is 1. The van der Waals surface area contributed by atoms with Crippen LogP contribution in [0.1, 0.15) is 5.56 Å². The molecule has 0 bridgehead atoms. The Morgan fingerprint density at radius 3 is 2.53 bits per heavy atom. The molecule has 0 aliphatic heterocycles. The van der Waals surface area contributed by atoms with E-state index in [0.29, 0.717) is 4.47 Å². The average Bonchev–Trinajstić information content (AvgIpc) is 2.33. The summed E-state index contributed by atoms with van der Waals surface area (Å²) in [5.74, 6) is 0. The predicted molar refractivity (Wildman–Crippen MR) is 69.2 cm³/mol. The van der Waals surface area contributed by atoms with Gasteiger partial charge in [0.1, 0.15) is 0 Å². The summed E-state index contributed by atoms with van der Waals surface area (Å²) in [6.07, 6.45) is -3.09. The maximum Gasteiger partial charge on any atom is 0.416 e. The molecule has 100 valence electrons. The Morgan fingerprint density at radius 1 is 1.21 bits per heavy atom. The normalized spacial score (nSPS) is 11.6. The van der Waals surface area contributed by atoms with Crippen molar-refractivity contribution in [3.05, 3.63) is 56.9 Å². The minimum atomic E-state index is -4.46. The molecule has 1 heterocycles. The number of nitrogens with zero attached hydrogens (tertiary/aromatic N) is 1. The number of nitrogen functional groups attached to an aromatic ring is 1. The van der Waals surface area contributed by atoms with E-state index in [9.17, 15) is 18.0 Å². The van der Waals surface area contributed by atoms with Gasteiger partial charge in [-0.3, -0.25) is 9.36 Å². The first kappa shape index (κ1) is 13.7. The van der Waals surface area contributed by atoms with E-state index in [0.717, 1.165) is 16.7 Å². The molecule has 0 saturated heterocycles. The van der Waals surface area contributed by atoms with E-state index in [4.69, 9.17) is 5.73 Å². The van der Waals surface area contributed by atoms with Crippen molar-refractivity contribution >= 4 is 21.6 Å². The van der Waals surface area contributed by atoms with Crippen LogP contribution in [-0.2, 0) is 6.18 Å². The van der Waals surface area contributed by atoms with Gasteiger partial charge in [-0.25, -0.2) is 0 Å².